The van der Waals surface area contributed by atoms with E-state index in [-0.39, 0.29) is 5.54 Å². The summed E-state index contributed by atoms with van der Waals surface area (Å²) in [6.45, 7) is 0. The molecule has 0 aliphatic heterocycles. The number of aliphatic hydroxyl groups excluding tert-OH is 1. The normalized spacial score (nSPS) is 20.5. The van der Waals surface area contributed by atoms with Gasteiger partial charge in [-0.15, -0.1) is 0 Å². The van der Waals surface area contributed by atoms with Gasteiger partial charge >= 0.3 is 0 Å². The topological polar surface area (TPSA) is 50.5 Å². The van der Waals surface area contributed by atoms with E-state index in [9.17, 15) is 5.11 Å². The van der Waals surface area contributed by atoms with Crippen molar-refractivity contribution in [1.29, 1.82) is 0 Å². The lowest BCUT2D eigenvalue weighted by Crippen LogP contribution is -2.51. The van der Waals surface area contributed by atoms with E-state index in [0.29, 0.717) is 5.75 Å². The van der Waals surface area contributed by atoms with Gasteiger partial charge in [0.25, 0.3) is 0 Å². The summed E-state index contributed by atoms with van der Waals surface area (Å²) in [5, 5.41) is 15.2. The summed E-state index contributed by atoms with van der Waals surface area (Å²) in [6, 6.07) is 0. The molecule has 1 aromatic heterocycles. The molecule has 0 spiro atoms. The van der Waals surface area contributed by atoms with Crippen LogP contribution in [0, 0.1) is 0 Å². The summed E-state index contributed by atoms with van der Waals surface area (Å²) >= 11 is 0. The number of rotatable bonds is 4. The lowest BCUT2D eigenvalue weighted by Gasteiger charge is -2.46. The number of methoxy groups -OCH3 is 1. The molecule has 1 N–H and O–H groups in total. The fourth-order valence-corrected chi connectivity index (χ4v) is 3.28. The molecule has 1 heterocycles. The number of nitrogens with zero attached hydrogens (tertiary/aromatic N) is 3. The highest BCUT2D eigenvalue weighted by Gasteiger charge is 2.44. The van der Waals surface area contributed by atoms with Crippen molar-refractivity contribution in [1.82, 2.24) is 14.7 Å². The van der Waals surface area contributed by atoms with Gasteiger partial charge in [-0.05, 0) is 26.9 Å². The zero-order chi connectivity index (χ0) is 14.0. The largest absolute Gasteiger partial charge is 0.493 e. The molecule has 1 aliphatic carbocycles. The van der Waals surface area contributed by atoms with Gasteiger partial charge < -0.3 is 14.7 Å². The predicted octanol–water partition coefficient (Wildman–Crippen LogP) is 1.73. The lowest BCUT2D eigenvalue weighted by molar-refractivity contribution is -0.0385. The smallest absolute Gasteiger partial charge is 0.162 e. The van der Waals surface area contributed by atoms with Crippen molar-refractivity contribution in [2.75, 3.05) is 21.2 Å². The summed E-state index contributed by atoms with van der Waals surface area (Å²) in [5.41, 5.74) is 0.567. The molecule has 108 valence electrons. The van der Waals surface area contributed by atoms with Crippen LogP contribution in [-0.2, 0) is 7.05 Å². The molecule has 1 aliphatic rings. The second kappa shape index (κ2) is 5.51. The van der Waals surface area contributed by atoms with Gasteiger partial charge in [-0.3, -0.25) is 4.68 Å². The zero-order valence-electron chi connectivity index (χ0n) is 12.4. The average molecular weight is 267 g/mol. The number of ether oxygens (including phenoxy) is 1. The number of likely N-dealkylation sites (N-methyl/N-ethyl adjacent to an activating group) is 1. The first-order valence-electron chi connectivity index (χ1n) is 6.94. The molecule has 0 aromatic carbocycles. The van der Waals surface area contributed by atoms with Gasteiger partial charge in [-0.1, -0.05) is 19.3 Å². The first kappa shape index (κ1) is 14.3. The average Bonchev–Trinajstić information content (AvgIpc) is 2.79. The number of aryl methyl sites for hydroxylation is 1. The summed E-state index contributed by atoms with van der Waals surface area (Å²) in [7, 11) is 7.58. The monoisotopic (exact) mass is 267 g/mol. The highest BCUT2D eigenvalue weighted by Crippen LogP contribution is 2.43. The first-order chi connectivity index (χ1) is 9.03. The Hall–Kier alpha value is -1.07. The minimum absolute atomic E-state index is 0.209. The maximum Gasteiger partial charge on any atom is 0.162 e. The van der Waals surface area contributed by atoms with E-state index < -0.39 is 6.10 Å². The Morgan fingerprint density at radius 2 is 2.00 bits per heavy atom. The molecule has 1 aromatic rings. The summed E-state index contributed by atoms with van der Waals surface area (Å²) in [4.78, 5) is 2.17. The molecule has 1 fully saturated rings. The molecule has 0 radical (unpaired) electrons. The maximum absolute atomic E-state index is 11.0. The highest BCUT2D eigenvalue weighted by atomic mass is 16.5. The SMILES string of the molecule is COc1cnn(C)c1C(O)C1(N(C)C)CCCCC1. The zero-order valence-corrected chi connectivity index (χ0v) is 12.4. The van der Waals surface area contributed by atoms with E-state index in [2.05, 4.69) is 24.1 Å². The Kier molecular flexibility index (Phi) is 4.16. The van der Waals surface area contributed by atoms with Crippen molar-refractivity contribution < 1.29 is 9.84 Å². The standard InChI is InChI=1S/C14H25N3O2/c1-16(2)14(8-6-5-7-9-14)13(18)12-11(19-4)10-15-17(12)3/h10,13,18H,5-9H2,1-4H3. The van der Waals surface area contributed by atoms with E-state index in [4.69, 9.17) is 4.74 Å². The third-order valence-corrected chi connectivity index (χ3v) is 4.55. The Balaban J connectivity index is 2.39. The molecule has 1 saturated carbocycles. The van der Waals surface area contributed by atoms with E-state index in [1.165, 1.54) is 6.42 Å². The lowest BCUT2D eigenvalue weighted by atomic mass is 9.75. The molecule has 1 unspecified atom stereocenters. The molecule has 0 bridgehead atoms. The predicted molar refractivity (Wildman–Crippen MR) is 74.2 cm³/mol. The number of hydrogen-bond acceptors (Lipinski definition) is 4. The summed E-state index contributed by atoms with van der Waals surface area (Å²) in [5.74, 6) is 0.668. The highest BCUT2D eigenvalue weighted by molar-refractivity contribution is 5.30. The van der Waals surface area contributed by atoms with Crippen LogP contribution in [0.15, 0.2) is 6.20 Å². The Bertz CT molecular complexity index is 422. The summed E-state index contributed by atoms with van der Waals surface area (Å²) < 4.78 is 7.07. The molecular weight excluding hydrogens is 242 g/mol. The van der Waals surface area contributed by atoms with Crippen molar-refractivity contribution in [2.24, 2.45) is 7.05 Å². The number of aliphatic hydroxyl groups is 1. The third kappa shape index (κ3) is 2.37. The van der Waals surface area contributed by atoms with E-state index in [1.54, 1.807) is 18.0 Å². The van der Waals surface area contributed by atoms with Gasteiger partial charge in [-0.25, -0.2) is 0 Å². The van der Waals surface area contributed by atoms with Crippen LogP contribution in [0.3, 0.4) is 0 Å². The molecule has 0 saturated heterocycles. The fourth-order valence-electron chi connectivity index (χ4n) is 3.28. The Morgan fingerprint density at radius 3 is 2.53 bits per heavy atom. The maximum atomic E-state index is 11.0. The number of aromatic nitrogens is 2. The molecule has 5 nitrogen and oxygen atoms in total. The third-order valence-electron chi connectivity index (χ3n) is 4.55. The molecular formula is C14H25N3O2. The minimum Gasteiger partial charge on any atom is -0.493 e. The van der Waals surface area contributed by atoms with Crippen molar-refractivity contribution in [3.8, 4) is 5.75 Å². The van der Waals surface area contributed by atoms with Crippen LogP contribution in [0.4, 0.5) is 0 Å². The molecule has 2 rings (SSSR count). The van der Waals surface area contributed by atoms with Crippen molar-refractivity contribution >= 4 is 0 Å². The van der Waals surface area contributed by atoms with Crippen LogP contribution in [0.2, 0.25) is 0 Å². The van der Waals surface area contributed by atoms with Crippen molar-refractivity contribution in [3.63, 3.8) is 0 Å². The van der Waals surface area contributed by atoms with Crippen LogP contribution >= 0.6 is 0 Å². The molecule has 1 atom stereocenters. The van der Waals surface area contributed by atoms with E-state index >= 15 is 0 Å². The van der Waals surface area contributed by atoms with E-state index in [1.807, 2.05) is 7.05 Å². The first-order valence-corrected chi connectivity index (χ1v) is 6.94. The Morgan fingerprint density at radius 1 is 1.37 bits per heavy atom. The number of hydrogen-bond donors (Lipinski definition) is 1. The van der Waals surface area contributed by atoms with Gasteiger partial charge in [0.15, 0.2) is 5.75 Å². The van der Waals surface area contributed by atoms with E-state index in [0.717, 1.165) is 31.4 Å². The van der Waals surface area contributed by atoms with Crippen LogP contribution in [0.5, 0.6) is 5.75 Å². The molecule has 5 heteroatoms. The van der Waals surface area contributed by atoms with Crippen molar-refractivity contribution in [2.45, 2.75) is 43.7 Å². The van der Waals surface area contributed by atoms with Crippen LogP contribution in [0.25, 0.3) is 0 Å². The van der Waals surface area contributed by atoms with Gasteiger partial charge in [0.05, 0.1) is 18.8 Å². The van der Waals surface area contributed by atoms with Gasteiger partial charge in [0.2, 0.25) is 0 Å². The fraction of sp³-hybridized carbons (Fsp3) is 0.786. The van der Waals surface area contributed by atoms with Gasteiger partial charge in [0.1, 0.15) is 11.8 Å². The van der Waals surface area contributed by atoms with Crippen LogP contribution in [-0.4, -0.2) is 46.5 Å². The van der Waals surface area contributed by atoms with Crippen LogP contribution in [0.1, 0.15) is 43.9 Å². The van der Waals surface area contributed by atoms with Crippen LogP contribution < -0.4 is 4.74 Å². The molecule has 0 amide bonds. The summed E-state index contributed by atoms with van der Waals surface area (Å²) in [6.07, 6.45) is 6.69. The molecule has 19 heavy (non-hydrogen) atoms. The van der Waals surface area contributed by atoms with Crippen molar-refractivity contribution in [3.05, 3.63) is 11.9 Å². The minimum atomic E-state index is -0.578. The second-order valence-electron chi connectivity index (χ2n) is 5.68. The Labute approximate surface area is 115 Å². The quantitative estimate of drug-likeness (QED) is 0.902. The van der Waals surface area contributed by atoms with Gasteiger partial charge in [0, 0.05) is 7.05 Å². The second-order valence-corrected chi connectivity index (χ2v) is 5.68. The van der Waals surface area contributed by atoms with Gasteiger partial charge in [-0.2, -0.15) is 5.10 Å².